The second-order valence-electron chi connectivity index (χ2n) is 5.98. The summed E-state index contributed by atoms with van der Waals surface area (Å²) in [4.78, 5) is 8.56. The van der Waals surface area contributed by atoms with Crippen LogP contribution in [0.5, 0.6) is 0 Å². The Hall–Kier alpha value is -1.95. The van der Waals surface area contributed by atoms with E-state index in [0.29, 0.717) is 6.04 Å². The largest absolute Gasteiger partial charge is 0.390 e. The lowest BCUT2D eigenvalue weighted by atomic mass is 9.83. The number of aliphatic hydroxyl groups is 1. The molecule has 0 aromatic carbocycles. The van der Waals surface area contributed by atoms with Crippen molar-refractivity contribution in [3.05, 3.63) is 18.5 Å². The van der Waals surface area contributed by atoms with Crippen LogP contribution in [0.1, 0.15) is 38.6 Å². The predicted octanol–water partition coefficient (Wildman–Crippen LogP) is 2.17. The first-order valence-electron chi connectivity index (χ1n) is 7.02. The van der Waals surface area contributed by atoms with Gasteiger partial charge in [-0.3, -0.25) is 4.68 Å². The first-order valence-corrected chi connectivity index (χ1v) is 7.02. The van der Waals surface area contributed by atoms with E-state index in [1.54, 1.807) is 12.4 Å². The average Bonchev–Trinajstić information content (AvgIpc) is 3.03. The normalized spacial score (nSPS) is 27.4. The summed E-state index contributed by atoms with van der Waals surface area (Å²) >= 11 is 0. The van der Waals surface area contributed by atoms with Gasteiger partial charge in [-0.1, -0.05) is 0 Å². The zero-order chi connectivity index (χ0) is 13.7. The minimum atomic E-state index is -0.522. The van der Waals surface area contributed by atoms with Crippen molar-refractivity contribution in [2.75, 3.05) is 0 Å². The molecular weight excluding hydrogens is 254 g/mol. The van der Waals surface area contributed by atoms with Gasteiger partial charge in [-0.15, -0.1) is 0 Å². The molecule has 0 atom stereocenters. The fourth-order valence-electron chi connectivity index (χ4n) is 3.18. The van der Waals surface area contributed by atoms with Crippen LogP contribution in [-0.2, 0) is 0 Å². The van der Waals surface area contributed by atoms with Gasteiger partial charge in [0.1, 0.15) is 5.52 Å². The molecular formula is C14H17N5O. The number of hydrogen-bond acceptors (Lipinski definition) is 4. The fraction of sp³-hybridized carbons (Fsp3) is 0.500. The van der Waals surface area contributed by atoms with Crippen molar-refractivity contribution in [2.45, 2.75) is 44.2 Å². The van der Waals surface area contributed by atoms with E-state index in [4.69, 9.17) is 0 Å². The third-order valence-electron chi connectivity index (χ3n) is 4.40. The third kappa shape index (κ3) is 1.71. The Morgan fingerprint density at radius 2 is 2.15 bits per heavy atom. The third-order valence-corrected chi connectivity index (χ3v) is 4.40. The molecule has 3 aromatic rings. The maximum Gasteiger partial charge on any atom is 0.161 e. The smallest absolute Gasteiger partial charge is 0.161 e. The van der Waals surface area contributed by atoms with Gasteiger partial charge in [-0.2, -0.15) is 5.10 Å². The van der Waals surface area contributed by atoms with Gasteiger partial charge in [-0.05, 0) is 38.7 Å². The zero-order valence-corrected chi connectivity index (χ0v) is 11.4. The molecule has 0 saturated heterocycles. The molecule has 104 valence electrons. The number of rotatable bonds is 1. The molecule has 0 aliphatic heterocycles. The maximum absolute atomic E-state index is 10.1. The van der Waals surface area contributed by atoms with Gasteiger partial charge in [0.15, 0.2) is 5.65 Å². The van der Waals surface area contributed by atoms with Crippen molar-refractivity contribution in [3.63, 3.8) is 0 Å². The van der Waals surface area contributed by atoms with E-state index in [2.05, 4.69) is 25.0 Å². The molecule has 1 aliphatic carbocycles. The highest BCUT2D eigenvalue weighted by Crippen LogP contribution is 2.36. The number of H-pyrrole nitrogens is 1. The number of nitrogens with one attached hydrogen (secondary N) is 1. The van der Waals surface area contributed by atoms with E-state index in [1.165, 1.54) is 0 Å². The molecule has 20 heavy (non-hydrogen) atoms. The van der Waals surface area contributed by atoms with Crippen LogP contribution in [-0.4, -0.2) is 35.7 Å². The second-order valence-corrected chi connectivity index (χ2v) is 5.98. The van der Waals surface area contributed by atoms with Crippen molar-refractivity contribution in [1.82, 2.24) is 25.0 Å². The number of hydrogen-bond donors (Lipinski definition) is 2. The van der Waals surface area contributed by atoms with Crippen LogP contribution in [0.15, 0.2) is 18.5 Å². The highest BCUT2D eigenvalue weighted by molar-refractivity contribution is 6.00. The Balaban J connectivity index is 1.82. The number of aromatic amines is 1. The van der Waals surface area contributed by atoms with E-state index in [-0.39, 0.29) is 0 Å². The summed E-state index contributed by atoms with van der Waals surface area (Å²) in [5.74, 6) is 0. The van der Waals surface area contributed by atoms with Gasteiger partial charge in [0.25, 0.3) is 0 Å². The Morgan fingerprint density at radius 1 is 1.35 bits per heavy atom. The van der Waals surface area contributed by atoms with Crippen LogP contribution in [0, 0.1) is 0 Å². The molecule has 0 spiro atoms. The number of fused-ring (bicyclic) bond motifs is 3. The van der Waals surface area contributed by atoms with Crippen LogP contribution >= 0.6 is 0 Å². The molecule has 0 amide bonds. The molecule has 1 fully saturated rings. The minimum Gasteiger partial charge on any atom is -0.390 e. The van der Waals surface area contributed by atoms with Gasteiger partial charge >= 0.3 is 0 Å². The first-order chi connectivity index (χ1) is 9.64. The summed E-state index contributed by atoms with van der Waals surface area (Å²) in [6.07, 6.45) is 7.08. The standard InChI is InChI=1S/C14H17N5O/c1-14(20)5-2-9(3-6-14)19-12-10-4-7-15-13(10)16-8-11(12)17-18-19/h4,7-9,18,20H,2-3,5-6H2,1H3. The van der Waals surface area contributed by atoms with Gasteiger partial charge in [-0.25, -0.2) is 15.2 Å². The molecule has 3 heterocycles. The molecule has 3 aromatic heterocycles. The van der Waals surface area contributed by atoms with Gasteiger partial charge < -0.3 is 5.11 Å². The molecule has 0 unspecified atom stereocenters. The molecule has 2 N–H and O–H groups in total. The molecule has 0 bridgehead atoms. The van der Waals surface area contributed by atoms with E-state index >= 15 is 0 Å². The highest BCUT2D eigenvalue weighted by Gasteiger charge is 2.30. The Labute approximate surface area is 115 Å². The van der Waals surface area contributed by atoms with Gasteiger partial charge in [0, 0.05) is 11.6 Å². The minimum absolute atomic E-state index is 0.348. The van der Waals surface area contributed by atoms with Crippen molar-refractivity contribution in [1.29, 1.82) is 0 Å². The average molecular weight is 271 g/mol. The van der Waals surface area contributed by atoms with E-state index in [9.17, 15) is 5.11 Å². The topological polar surface area (TPSA) is 79.6 Å². The monoisotopic (exact) mass is 271 g/mol. The Bertz CT molecular complexity index is 762. The van der Waals surface area contributed by atoms with Crippen LogP contribution in [0.25, 0.3) is 22.1 Å². The summed E-state index contributed by atoms with van der Waals surface area (Å²) in [5.41, 5.74) is 2.17. The van der Waals surface area contributed by atoms with Crippen LogP contribution < -0.4 is 0 Å². The SMILES string of the molecule is CC1(O)CCC(n2[nH]nc3cnc4nccc4c32)CC1. The Morgan fingerprint density at radius 3 is 2.95 bits per heavy atom. The summed E-state index contributed by atoms with van der Waals surface area (Å²) in [5, 5.41) is 18.6. The van der Waals surface area contributed by atoms with Crippen molar-refractivity contribution < 1.29 is 5.11 Å². The number of nitrogens with zero attached hydrogens (tertiary/aromatic N) is 4. The molecule has 6 heteroatoms. The highest BCUT2D eigenvalue weighted by atomic mass is 16.3. The lowest BCUT2D eigenvalue weighted by molar-refractivity contribution is 0.00884. The molecule has 4 rings (SSSR count). The predicted molar refractivity (Wildman–Crippen MR) is 75.3 cm³/mol. The molecule has 1 saturated carbocycles. The molecule has 1 aliphatic rings. The summed E-state index contributed by atoms with van der Waals surface area (Å²) in [7, 11) is 0. The molecule has 6 nitrogen and oxygen atoms in total. The van der Waals surface area contributed by atoms with Crippen molar-refractivity contribution in [3.8, 4) is 0 Å². The summed E-state index contributed by atoms with van der Waals surface area (Å²) < 4.78 is 2.12. The number of pyridine rings is 1. The van der Waals surface area contributed by atoms with Crippen LogP contribution in [0.2, 0.25) is 0 Å². The van der Waals surface area contributed by atoms with Gasteiger partial charge in [0.05, 0.1) is 23.4 Å². The lowest BCUT2D eigenvalue weighted by Gasteiger charge is -2.33. The maximum atomic E-state index is 10.1. The zero-order valence-electron chi connectivity index (χ0n) is 11.4. The van der Waals surface area contributed by atoms with E-state index in [1.807, 2.05) is 13.0 Å². The number of aromatic nitrogens is 5. The van der Waals surface area contributed by atoms with Gasteiger partial charge in [0.2, 0.25) is 0 Å². The lowest BCUT2D eigenvalue weighted by Crippen LogP contribution is -2.31. The van der Waals surface area contributed by atoms with Crippen molar-refractivity contribution >= 4 is 22.1 Å². The second kappa shape index (κ2) is 4.02. The fourth-order valence-corrected chi connectivity index (χ4v) is 3.18. The molecule has 0 radical (unpaired) electrons. The van der Waals surface area contributed by atoms with Crippen LogP contribution in [0.4, 0.5) is 0 Å². The van der Waals surface area contributed by atoms with E-state index < -0.39 is 5.60 Å². The van der Waals surface area contributed by atoms with E-state index in [0.717, 1.165) is 47.8 Å². The first kappa shape index (κ1) is 11.8. The Kier molecular flexibility index (Phi) is 2.38. The summed E-state index contributed by atoms with van der Waals surface area (Å²) in [6.45, 7) is 1.92. The van der Waals surface area contributed by atoms with Crippen molar-refractivity contribution in [2.24, 2.45) is 0 Å². The quantitative estimate of drug-likeness (QED) is 0.711. The van der Waals surface area contributed by atoms with Crippen LogP contribution in [0.3, 0.4) is 0 Å². The summed E-state index contributed by atoms with van der Waals surface area (Å²) in [6, 6.07) is 2.33.